The summed E-state index contributed by atoms with van der Waals surface area (Å²) >= 11 is 0. The molecule has 1 aliphatic heterocycles. The Morgan fingerprint density at radius 3 is 2.67 bits per heavy atom. The van der Waals surface area contributed by atoms with E-state index in [1.807, 2.05) is 32.0 Å². The Morgan fingerprint density at radius 1 is 1.26 bits per heavy atom. The number of carbonyl (C=O) groups is 2. The number of amides is 1. The van der Waals surface area contributed by atoms with Gasteiger partial charge in [0, 0.05) is 13.1 Å². The zero-order valence-electron chi connectivity index (χ0n) is 16.6. The van der Waals surface area contributed by atoms with Crippen LogP contribution < -0.4 is 14.8 Å². The van der Waals surface area contributed by atoms with E-state index in [1.165, 1.54) is 0 Å². The number of rotatable bonds is 8. The summed E-state index contributed by atoms with van der Waals surface area (Å²) in [5.41, 5.74) is 0.927. The lowest BCUT2D eigenvalue weighted by Gasteiger charge is -2.35. The molecule has 0 radical (unpaired) electrons. The van der Waals surface area contributed by atoms with Crippen molar-refractivity contribution < 1.29 is 23.8 Å². The standard InChI is InChI=1S/C20H30N2O5/c1-5-27-20(24)16-7-6-10-22(13-16)14(2)19(23)21-12-15-8-9-17(25-3)18(11-15)26-4/h8-9,11,14,16H,5-7,10,12-13H2,1-4H3,(H,21,23)/t14-,16-/m0/s1. The highest BCUT2D eigenvalue weighted by molar-refractivity contribution is 5.81. The Bertz CT molecular complexity index is 649. The van der Waals surface area contributed by atoms with Gasteiger partial charge in [-0.15, -0.1) is 0 Å². The van der Waals surface area contributed by atoms with E-state index in [0.717, 1.165) is 24.9 Å². The van der Waals surface area contributed by atoms with Crippen molar-refractivity contribution in [2.45, 2.75) is 39.3 Å². The number of benzene rings is 1. The fourth-order valence-corrected chi connectivity index (χ4v) is 3.30. The second kappa shape index (κ2) is 10.2. The molecule has 1 aliphatic rings. The van der Waals surface area contributed by atoms with E-state index in [0.29, 0.717) is 31.2 Å². The predicted molar refractivity (Wildman–Crippen MR) is 102 cm³/mol. The molecule has 1 amide bonds. The molecular weight excluding hydrogens is 348 g/mol. The average molecular weight is 378 g/mol. The summed E-state index contributed by atoms with van der Waals surface area (Å²) in [5.74, 6) is 0.902. The maximum atomic E-state index is 12.6. The summed E-state index contributed by atoms with van der Waals surface area (Å²) in [7, 11) is 3.17. The molecule has 1 aromatic carbocycles. The van der Waals surface area contributed by atoms with Gasteiger partial charge in [0.05, 0.1) is 32.8 Å². The molecule has 0 bridgehead atoms. The zero-order chi connectivity index (χ0) is 19.8. The highest BCUT2D eigenvalue weighted by Gasteiger charge is 2.31. The molecule has 0 spiro atoms. The number of nitrogens with one attached hydrogen (secondary N) is 1. The summed E-state index contributed by atoms with van der Waals surface area (Å²) in [6.45, 7) is 5.83. The van der Waals surface area contributed by atoms with Crippen molar-refractivity contribution in [2.75, 3.05) is 33.9 Å². The molecule has 7 heteroatoms. The first-order valence-corrected chi connectivity index (χ1v) is 9.39. The quantitative estimate of drug-likeness (QED) is 0.697. The van der Waals surface area contributed by atoms with Crippen molar-refractivity contribution in [1.82, 2.24) is 10.2 Å². The fourth-order valence-electron chi connectivity index (χ4n) is 3.30. The van der Waals surface area contributed by atoms with Gasteiger partial charge in [0.1, 0.15) is 0 Å². The summed E-state index contributed by atoms with van der Waals surface area (Å²) in [6.07, 6.45) is 1.70. The van der Waals surface area contributed by atoms with Crippen LogP contribution in [0, 0.1) is 5.92 Å². The van der Waals surface area contributed by atoms with Crippen LogP contribution in [-0.4, -0.2) is 56.7 Å². The van der Waals surface area contributed by atoms with Gasteiger partial charge >= 0.3 is 5.97 Å². The Labute approximate surface area is 161 Å². The molecule has 27 heavy (non-hydrogen) atoms. The summed E-state index contributed by atoms with van der Waals surface area (Å²) < 4.78 is 15.6. The van der Waals surface area contributed by atoms with Gasteiger partial charge in [-0.3, -0.25) is 14.5 Å². The SMILES string of the molecule is CCOC(=O)[C@H]1CCCN([C@@H](C)C(=O)NCc2ccc(OC)c(OC)c2)C1. The first-order chi connectivity index (χ1) is 13.0. The van der Waals surface area contributed by atoms with E-state index in [2.05, 4.69) is 10.2 Å². The van der Waals surface area contributed by atoms with E-state index in [4.69, 9.17) is 14.2 Å². The lowest BCUT2D eigenvalue weighted by atomic mass is 9.97. The molecule has 1 N–H and O–H groups in total. The molecule has 1 aromatic rings. The highest BCUT2D eigenvalue weighted by Crippen LogP contribution is 2.27. The Balaban J connectivity index is 1.90. The molecule has 1 heterocycles. The number of hydrogen-bond acceptors (Lipinski definition) is 6. The topological polar surface area (TPSA) is 77.1 Å². The minimum Gasteiger partial charge on any atom is -0.493 e. The molecule has 150 valence electrons. The van der Waals surface area contributed by atoms with Crippen LogP contribution in [0.1, 0.15) is 32.3 Å². The predicted octanol–water partition coefficient (Wildman–Crippen LogP) is 1.98. The van der Waals surface area contributed by atoms with E-state index in [1.54, 1.807) is 14.2 Å². The van der Waals surface area contributed by atoms with Gasteiger partial charge < -0.3 is 19.5 Å². The number of esters is 1. The van der Waals surface area contributed by atoms with Crippen LogP contribution in [0.2, 0.25) is 0 Å². The molecule has 0 aromatic heterocycles. The molecule has 7 nitrogen and oxygen atoms in total. The molecule has 0 aliphatic carbocycles. The van der Waals surface area contributed by atoms with Gasteiger partial charge in [0.15, 0.2) is 11.5 Å². The minimum atomic E-state index is -0.303. The Kier molecular flexibility index (Phi) is 7.91. The van der Waals surface area contributed by atoms with E-state index >= 15 is 0 Å². The number of ether oxygens (including phenoxy) is 3. The molecule has 1 saturated heterocycles. The minimum absolute atomic E-state index is 0.0608. The Morgan fingerprint density at radius 2 is 2.00 bits per heavy atom. The first-order valence-electron chi connectivity index (χ1n) is 9.39. The van der Waals surface area contributed by atoms with Crippen LogP contribution in [0.3, 0.4) is 0 Å². The molecule has 2 atom stereocenters. The lowest BCUT2D eigenvalue weighted by Crippen LogP contribution is -2.50. The maximum absolute atomic E-state index is 12.6. The third kappa shape index (κ3) is 5.60. The number of carbonyl (C=O) groups excluding carboxylic acids is 2. The van der Waals surface area contributed by atoms with Gasteiger partial charge in [0.2, 0.25) is 5.91 Å². The van der Waals surface area contributed by atoms with Crippen molar-refractivity contribution in [3.05, 3.63) is 23.8 Å². The summed E-state index contributed by atoms with van der Waals surface area (Å²) in [5, 5.41) is 2.96. The van der Waals surface area contributed by atoms with Crippen LogP contribution in [0.5, 0.6) is 11.5 Å². The van der Waals surface area contributed by atoms with Crippen LogP contribution >= 0.6 is 0 Å². The molecule has 0 saturated carbocycles. The van der Waals surface area contributed by atoms with Crippen LogP contribution in [0.25, 0.3) is 0 Å². The number of methoxy groups -OCH3 is 2. The first kappa shape index (κ1) is 21.0. The third-order valence-electron chi connectivity index (χ3n) is 4.91. The van der Waals surface area contributed by atoms with E-state index in [-0.39, 0.29) is 23.8 Å². The number of piperidine rings is 1. The maximum Gasteiger partial charge on any atom is 0.310 e. The molecule has 1 fully saturated rings. The molecule has 0 unspecified atom stereocenters. The average Bonchev–Trinajstić information content (AvgIpc) is 2.71. The van der Waals surface area contributed by atoms with Crippen molar-refractivity contribution >= 4 is 11.9 Å². The monoisotopic (exact) mass is 378 g/mol. The zero-order valence-corrected chi connectivity index (χ0v) is 16.6. The normalized spacial score (nSPS) is 18.4. The van der Waals surface area contributed by atoms with Gasteiger partial charge in [-0.2, -0.15) is 0 Å². The largest absolute Gasteiger partial charge is 0.493 e. The summed E-state index contributed by atoms with van der Waals surface area (Å²) in [6, 6.07) is 5.26. The van der Waals surface area contributed by atoms with Gasteiger partial charge in [-0.1, -0.05) is 6.07 Å². The second-order valence-electron chi connectivity index (χ2n) is 6.67. The van der Waals surface area contributed by atoms with Crippen molar-refractivity contribution in [2.24, 2.45) is 5.92 Å². The van der Waals surface area contributed by atoms with Crippen LogP contribution in [0.4, 0.5) is 0 Å². The van der Waals surface area contributed by atoms with Crippen molar-refractivity contribution in [3.63, 3.8) is 0 Å². The molecule has 2 rings (SSSR count). The lowest BCUT2D eigenvalue weighted by molar-refractivity contribution is -0.151. The highest BCUT2D eigenvalue weighted by atomic mass is 16.5. The van der Waals surface area contributed by atoms with E-state index < -0.39 is 0 Å². The molecular formula is C20H30N2O5. The van der Waals surface area contributed by atoms with Gasteiger partial charge in [0.25, 0.3) is 0 Å². The van der Waals surface area contributed by atoms with Gasteiger partial charge in [-0.25, -0.2) is 0 Å². The van der Waals surface area contributed by atoms with Crippen LogP contribution in [-0.2, 0) is 20.9 Å². The number of hydrogen-bond donors (Lipinski definition) is 1. The smallest absolute Gasteiger partial charge is 0.310 e. The number of nitrogens with zero attached hydrogens (tertiary/aromatic N) is 1. The van der Waals surface area contributed by atoms with Gasteiger partial charge in [-0.05, 0) is 50.9 Å². The van der Waals surface area contributed by atoms with Crippen molar-refractivity contribution in [1.29, 1.82) is 0 Å². The second-order valence-corrected chi connectivity index (χ2v) is 6.67. The fraction of sp³-hybridized carbons (Fsp3) is 0.600. The van der Waals surface area contributed by atoms with E-state index in [9.17, 15) is 9.59 Å². The van der Waals surface area contributed by atoms with Crippen LogP contribution in [0.15, 0.2) is 18.2 Å². The Hall–Kier alpha value is -2.28. The third-order valence-corrected chi connectivity index (χ3v) is 4.91. The van der Waals surface area contributed by atoms with Crippen molar-refractivity contribution in [3.8, 4) is 11.5 Å². The summed E-state index contributed by atoms with van der Waals surface area (Å²) in [4.78, 5) is 26.6. The number of likely N-dealkylation sites (tertiary alicyclic amines) is 1.